The van der Waals surface area contributed by atoms with Crippen molar-refractivity contribution in [1.82, 2.24) is 4.90 Å². The molecule has 0 fully saturated rings. The Morgan fingerprint density at radius 1 is 1.82 bits per heavy atom. The Morgan fingerprint density at radius 2 is 2.45 bits per heavy atom. The molecule has 62 valence electrons. The molecule has 0 unspecified atom stereocenters. The number of amidine groups is 1. The standard InChI is InChI=1S/C7H12N2S2/c1-8-3-4-9(2)6(8)5-7(10)11/h3-5H2,1-2H3. The fourth-order valence-corrected chi connectivity index (χ4v) is 1.51. The molecule has 0 spiro atoms. The molecule has 0 radical (unpaired) electrons. The molecule has 1 aliphatic heterocycles. The Bertz CT molecular complexity index is 210. The number of rotatable bonds is 2. The van der Waals surface area contributed by atoms with Crippen molar-refractivity contribution in [2.24, 2.45) is 0 Å². The van der Waals surface area contributed by atoms with Crippen LogP contribution in [-0.4, -0.2) is 46.7 Å². The van der Waals surface area contributed by atoms with E-state index < -0.39 is 0 Å². The van der Waals surface area contributed by atoms with Crippen LogP contribution < -0.4 is 0 Å². The van der Waals surface area contributed by atoms with E-state index in [4.69, 9.17) is 24.8 Å². The van der Waals surface area contributed by atoms with Gasteiger partial charge in [0.2, 0.25) is 5.84 Å². The van der Waals surface area contributed by atoms with E-state index in [1.807, 2.05) is 0 Å². The quantitative estimate of drug-likeness (QED) is 0.348. The zero-order valence-electron chi connectivity index (χ0n) is 6.83. The highest BCUT2D eigenvalue weighted by molar-refractivity contribution is 8.00. The Kier molecular flexibility index (Phi) is 2.78. The highest BCUT2D eigenvalue weighted by atomic mass is 32.1. The third-order valence-corrected chi connectivity index (χ3v) is 2.24. The molecule has 0 aromatic carbocycles. The van der Waals surface area contributed by atoms with E-state index >= 15 is 0 Å². The van der Waals surface area contributed by atoms with Crippen LogP contribution in [0.25, 0.3) is 0 Å². The predicted molar refractivity (Wildman–Crippen MR) is 53.3 cm³/mol. The number of thiocarbonyl (C=S) groups is 1. The van der Waals surface area contributed by atoms with E-state index in [2.05, 4.69) is 23.6 Å². The summed E-state index contributed by atoms with van der Waals surface area (Å²) in [6.07, 6.45) is 0.762. The Balaban J connectivity index is 2.67. The first-order valence-electron chi connectivity index (χ1n) is 3.59. The predicted octanol–water partition coefficient (Wildman–Crippen LogP) is 0.237. The maximum Gasteiger partial charge on any atom is 0.249 e. The average Bonchev–Trinajstić information content (AvgIpc) is 2.18. The Labute approximate surface area is 78.3 Å². The summed E-state index contributed by atoms with van der Waals surface area (Å²) in [5.74, 6) is 1.25. The van der Waals surface area contributed by atoms with Gasteiger partial charge in [0.15, 0.2) is 0 Å². The minimum Gasteiger partial charge on any atom is -0.432 e. The van der Waals surface area contributed by atoms with Crippen molar-refractivity contribution in [2.45, 2.75) is 6.42 Å². The van der Waals surface area contributed by atoms with Crippen LogP contribution >= 0.6 is 12.2 Å². The van der Waals surface area contributed by atoms with Crippen LogP contribution in [0.1, 0.15) is 6.42 Å². The number of hydrogen-bond donors (Lipinski definition) is 0. The third-order valence-electron chi connectivity index (χ3n) is 1.95. The van der Waals surface area contributed by atoms with Gasteiger partial charge in [-0.1, -0.05) is 0 Å². The summed E-state index contributed by atoms with van der Waals surface area (Å²) in [6, 6.07) is 0. The van der Waals surface area contributed by atoms with Crippen LogP contribution in [-0.2, 0) is 12.6 Å². The van der Waals surface area contributed by atoms with Gasteiger partial charge in [-0.25, -0.2) is 0 Å². The first-order chi connectivity index (χ1) is 5.11. The molecule has 0 N–H and O–H groups in total. The maximum atomic E-state index is 4.88. The summed E-state index contributed by atoms with van der Waals surface area (Å²) < 4.78 is 2.86. The molecule has 1 rings (SSSR count). The van der Waals surface area contributed by atoms with Crippen molar-refractivity contribution in [2.75, 3.05) is 27.2 Å². The van der Waals surface area contributed by atoms with Gasteiger partial charge in [-0.05, 0) is 0 Å². The maximum absolute atomic E-state index is 4.88. The molecular weight excluding hydrogens is 176 g/mol. The second-order valence-electron chi connectivity index (χ2n) is 2.81. The van der Waals surface area contributed by atoms with Crippen LogP contribution in [0.5, 0.6) is 0 Å². The van der Waals surface area contributed by atoms with Crippen molar-refractivity contribution in [3.8, 4) is 0 Å². The summed E-state index contributed by atoms with van der Waals surface area (Å²) in [5, 5.41) is 0. The monoisotopic (exact) mass is 188 g/mol. The molecule has 0 aliphatic carbocycles. The number of hydrogen-bond acceptors (Lipinski definition) is 3. The fourth-order valence-electron chi connectivity index (χ4n) is 1.25. The molecule has 0 amide bonds. The van der Waals surface area contributed by atoms with E-state index in [1.54, 1.807) is 0 Å². The average molecular weight is 188 g/mol. The second-order valence-corrected chi connectivity index (χ2v) is 4.05. The van der Waals surface area contributed by atoms with Crippen molar-refractivity contribution >= 4 is 34.9 Å². The smallest absolute Gasteiger partial charge is 0.249 e. The lowest BCUT2D eigenvalue weighted by molar-refractivity contribution is -0.487. The third kappa shape index (κ3) is 2.10. The zero-order chi connectivity index (χ0) is 8.43. The van der Waals surface area contributed by atoms with Crippen LogP contribution in [0, 0.1) is 0 Å². The lowest BCUT2D eigenvalue weighted by Crippen LogP contribution is -2.26. The molecule has 0 saturated carbocycles. The molecule has 11 heavy (non-hydrogen) atoms. The lowest BCUT2D eigenvalue weighted by atomic mass is 10.4. The number of likely N-dealkylation sites (N-methyl/N-ethyl adjacent to an activating group) is 2. The first kappa shape index (κ1) is 8.87. The van der Waals surface area contributed by atoms with Crippen LogP contribution in [0.4, 0.5) is 0 Å². The molecule has 0 bridgehead atoms. The molecule has 0 atom stereocenters. The lowest BCUT2D eigenvalue weighted by Gasteiger charge is -2.08. The first-order valence-corrected chi connectivity index (χ1v) is 4.41. The largest absolute Gasteiger partial charge is 0.432 e. The highest BCUT2D eigenvalue weighted by Crippen LogP contribution is 2.01. The van der Waals surface area contributed by atoms with Crippen molar-refractivity contribution in [3.05, 3.63) is 0 Å². The van der Waals surface area contributed by atoms with Crippen molar-refractivity contribution in [1.29, 1.82) is 0 Å². The zero-order valence-corrected chi connectivity index (χ0v) is 8.47. The van der Waals surface area contributed by atoms with Gasteiger partial charge in [-0.3, -0.25) is 9.48 Å². The Hall–Kier alpha value is -0.220. The summed E-state index contributed by atoms with van der Waals surface area (Å²) in [6.45, 7) is 2.17. The number of nitrogens with zero attached hydrogens (tertiary/aromatic N) is 2. The summed E-state index contributed by atoms with van der Waals surface area (Å²) in [7, 11) is 4.15. The van der Waals surface area contributed by atoms with E-state index in [1.165, 1.54) is 5.84 Å². The van der Waals surface area contributed by atoms with Gasteiger partial charge in [-0.15, -0.1) is 4.20 Å². The van der Waals surface area contributed by atoms with E-state index in [0.29, 0.717) is 4.20 Å². The van der Waals surface area contributed by atoms with Crippen LogP contribution in [0.15, 0.2) is 0 Å². The molecule has 0 saturated heterocycles. The SMILES string of the molecule is CN1CC[N+](C)=C1CC(=S)[S-]. The molecule has 0 aromatic rings. The normalized spacial score (nSPS) is 17.8. The van der Waals surface area contributed by atoms with E-state index in [9.17, 15) is 0 Å². The van der Waals surface area contributed by atoms with Gasteiger partial charge >= 0.3 is 0 Å². The van der Waals surface area contributed by atoms with Crippen LogP contribution in [0.2, 0.25) is 0 Å². The van der Waals surface area contributed by atoms with Gasteiger partial charge in [0.25, 0.3) is 0 Å². The summed E-state index contributed by atoms with van der Waals surface area (Å²) >= 11 is 9.76. The minimum absolute atomic E-state index is 0.653. The summed E-state index contributed by atoms with van der Waals surface area (Å²) in [5.41, 5.74) is 0. The molecule has 2 nitrogen and oxygen atoms in total. The van der Waals surface area contributed by atoms with Gasteiger partial charge in [-0.2, -0.15) is 0 Å². The topological polar surface area (TPSA) is 6.25 Å². The molecular formula is C7H12N2S2. The van der Waals surface area contributed by atoms with E-state index in [0.717, 1.165) is 19.5 Å². The van der Waals surface area contributed by atoms with Crippen LogP contribution in [0.3, 0.4) is 0 Å². The fraction of sp³-hybridized carbons (Fsp3) is 0.714. The van der Waals surface area contributed by atoms with Gasteiger partial charge in [0, 0.05) is 0 Å². The van der Waals surface area contributed by atoms with Crippen molar-refractivity contribution < 1.29 is 4.58 Å². The highest BCUT2D eigenvalue weighted by Gasteiger charge is 2.22. The molecule has 1 heterocycles. The van der Waals surface area contributed by atoms with E-state index in [-0.39, 0.29) is 0 Å². The second kappa shape index (κ2) is 3.45. The molecule has 1 aliphatic rings. The van der Waals surface area contributed by atoms with Gasteiger partial charge in [0.1, 0.15) is 13.1 Å². The minimum atomic E-state index is 0.653. The molecule has 0 aromatic heterocycles. The molecule has 4 heteroatoms. The summed E-state index contributed by atoms with van der Waals surface area (Å²) in [4.78, 5) is 2.21. The Morgan fingerprint density at radius 3 is 2.82 bits per heavy atom. The van der Waals surface area contributed by atoms with Gasteiger partial charge in [0.05, 0.1) is 20.5 Å². The van der Waals surface area contributed by atoms with Gasteiger partial charge < -0.3 is 24.8 Å². The van der Waals surface area contributed by atoms with Crippen molar-refractivity contribution in [3.63, 3.8) is 0 Å².